The van der Waals surface area contributed by atoms with Crippen LogP contribution in [-0.4, -0.2) is 23.3 Å². The Hall–Kier alpha value is -0.940. The first kappa shape index (κ1) is 14.5. The third-order valence-corrected chi connectivity index (χ3v) is 3.52. The van der Waals surface area contributed by atoms with Crippen LogP contribution in [0.25, 0.3) is 0 Å². The Balaban J connectivity index is 2.03. The Kier molecular flexibility index (Phi) is 5.79. The van der Waals surface area contributed by atoms with Crippen molar-refractivity contribution in [2.75, 3.05) is 13.2 Å². The fourth-order valence-corrected chi connectivity index (χ4v) is 2.51. The lowest BCUT2D eigenvalue weighted by Crippen LogP contribution is -2.20. The van der Waals surface area contributed by atoms with E-state index in [-0.39, 0.29) is 12.1 Å². The summed E-state index contributed by atoms with van der Waals surface area (Å²) in [6, 6.07) is 0.215. The van der Waals surface area contributed by atoms with E-state index in [0.29, 0.717) is 12.4 Å². The summed E-state index contributed by atoms with van der Waals surface area (Å²) >= 11 is 0. The topological polar surface area (TPSA) is 60.2 Å². The van der Waals surface area contributed by atoms with Gasteiger partial charge in [-0.05, 0) is 32.7 Å². The molecule has 1 fully saturated rings. The third kappa shape index (κ3) is 4.01. The van der Waals surface area contributed by atoms with Crippen molar-refractivity contribution in [3.63, 3.8) is 0 Å². The predicted octanol–water partition coefficient (Wildman–Crippen LogP) is 3.15. The summed E-state index contributed by atoms with van der Waals surface area (Å²) in [4.78, 5) is 4.55. The molecule has 0 radical (unpaired) electrons. The van der Waals surface area contributed by atoms with E-state index in [1.165, 1.54) is 19.3 Å². The van der Waals surface area contributed by atoms with Crippen molar-refractivity contribution >= 4 is 0 Å². The molecule has 0 amide bonds. The molecule has 108 valence electrons. The van der Waals surface area contributed by atoms with Crippen molar-refractivity contribution in [3.8, 4) is 0 Å². The Labute approximate surface area is 115 Å². The fourth-order valence-electron chi connectivity index (χ4n) is 2.51. The van der Waals surface area contributed by atoms with Crippen LogP contribution in [0.3, 0.4) is 0 Å². The first-order valence-electron chi connectivity index (χ1n) is 7.53. The average Bonchev–Trinajstić information content (AvgIpc) is 2.74. The molecular formula is C14H25N3O2. The quantitative estimate of drug-likeness (QED) is 0.858. The second-order valence-electron chi connectivity index (χ2n) is 5.08. The normalized spacial score (nSPS) is 22.1. The largest absolute Gasteiger partial charge is 0.370 e. The lowest BCUT2D eigenvalue weighted by Gasteiger charge is -2.12. The average molecular weight is 267 g/mol. The number of nitrogens with zero attached hydrogens (tertiary/aromatic N) is 2. The summed E-state index contributed by atoms with van der Waals surface area (Å²) in [6.45, 7) is 5.85. The summed E-state index contributed by atoms with van der Waals surface area (Å²) in [5, 5.41) is 7.59. The molecule has 2 unspecified atom stereocenters. The van der Waals surface area contributed by atoms with Crippen molar-refractivity contribution in [3.05, 3.63) is 11.7 Å². The predicted molar refractivity (Wildman–Crippen MR) is 72.8 cm³/mol. The molecule has 1 N–H and O–H groups in total. The molecule has 1 saturated heterocycles. The van der Waals surface area contributed by atoms with Crippen LogP contribution < -0.4 is 5.32 Å². The maximum atomic E-state index is 5.69. The summed E-state index contributed by atoms with van der Waals surface area (Å²) in [6.07, 6.45) is 6.77. The summed E-state index contributed by atoms with van der Waals surface area (Å²) in [7, 11) is 0. The Morgan fingerprint density at radius 3 is 3.05 bits per heavy atom. The lowest BCUT2D eigenvalue weighted by molar-refractivity contribution is 0.0477. The molecule has 0 bridgehead atoms. The lowest BCUT2D eigenvalue weighted by atomic mass is 10.1. The van der Waals surface area contributed by atoms with Gasteiger partial charge in [-0.15, -0.1) is 0 Å². The molecule has 2 rings (SSSR count). The SMILES string of the molecule is CCCC(OCC)c1noc(C2CCCCCN2)n1. The summed E-state index contributed by atoms with van der Waals surface area (Å²) in [5.74, 6) is 1.42. The molecule has 2 atom stereocenters. The van der Waals surface area contributed by atoms with Crippen LogP contribution in [-0.2, 0) is 4.74 Å². The van der Waals surface area contributed by atoms with Crippen molar-refractivity contribution in [1.82, 2.24) is 15.5 Å². The van der Waals surface area contributed by atoms with E-state index < -0.39 is 0 Å². The number of hydrogen-bond donors (Lipinski definition) is 1. The molecule has 1 aliphatic heterocycles. The van der Waals surface area contributed by atoms with E-state index >= 15 is 0 Å². The minimum atomic E-state index is -0.0294. The number of nitrogens with one attached hydrogen (secondary N) is 1. The van der Waals surface area contributed by atoms with Gasteiger partial charge in [0.1, 0.15) is 6.10 Å². The zero-order valence-electron chi connectivity index (χ0n) is 12.0. The first-order chi connectivity index (χ1) is 9.35. The van der Waals surface area contributed by atoms with E-state index in [4.69, 9.17) is 9.26 Å². The van der Waals surface area contributed by atoms with E-state index in [9.17, 15) is 0 Å². The van der Waals surface area contributed by atoms with Crippen LogP contribution in [0.2, 0.25) is 0 Å². The first-order valence-corrected chi connectivity index (χ1v) is 7.53. The van der Waals surface area contributed by atoms with Gasteiger partial charge in [0.25, 0.3) is 0 Å². The molecule has 0 saturated carbocycles. The highest BCUT2D eigenvalue weighted by molar-refractivity contribution is 4.96. The Morgan fingerprint density at radius 2 is 2.26 bits per heavy atom. The highest BCUT2D eigenvalue weighted by atomic mass is 16.5. The van der Waals surface area contributed by atoms with E-state index in [1.54, 1.807) is 0 Å². The summed E-state index contributed by atoms with van der Waals surface area (Å²) in [5.41, 5.74) is 0. The van der Waals surface area contributed by atoms with Gasteiger partial charge in [-0.2, -0.15) is 4.98 Å². The molecule has 5 nitrogen and oxygen atoms in total. The summed E-state index contributed by atoms with van der Waals surface area (Å²) < 4.78 is 11.1. The van der Waals surface area contributed by atoms with Crippen LogP contribution in [0, 0.1) is 0 Å². The zero-order valence-corrected chi connectivity index (χ0v) is 12.0. The van der Waals surface area contributed by atoms with Gasteiger partial charge in [0, 0.05) is 6.61 Å². The standard InChI is InChI=1S/C14H25N3O2/c1-3-8-12(18-4-2)13-16-14(19-17-13)11-9-6-5-7-10-15-11/h11-12,15H,3-10H2,1-2H3. The number of ether oxygens (including phenoxy) is 1. The molecule has 1 aromatic rings. The van der Waals surface area contributed by atoms with Crippen LogP contribution >= 0.6 is 0 Å². The molecule has 1 aliphatic rings. The monoisotopic (exact) mass is 267 g/mol. The smallest absolute Gasteiger partial charge is 0.243 e. The Morgan fingerprint density at radius 1 is 1.37 bits per heavy atom. The molecule has 19 heavy (non-hydrogen) atoms. The van der Waals surface area contributed by atoms with Gasteiger partial charge in [-0.3, -0.25) is 0 Å². The molecule has 0 spiro atoms. The van der Waals surface area contributed by atoms with Gasteiger partial charge >= 0.3 is 0 Å². The van der Waals surface area contributed by atoms with Crippen molar-refractivity contribution in [2.45, 2.75) is 64.5 Å². The maximum absolute atomic E-state index is 5.69. The van der Waals surface area contributed by atoms with Gasteiger partial charge in [-0.1, -0.05) is 31.3 Å². The number of hydrogen-bond acceptors (Lipinski definition) is 5. The van der Waals surface area contributed by atoms with Gasteiger partial charge in [0.05, 0.1) is 6.04 Å². The zero-order chi connectivity index (χ0) is 13.5. The highest BCUT2D eigenvalue weighted by Crippen LogP contribution is 2.25. The van der Waals surface area contributed by atoms with Crippen LogP contribution in [0.4, 0.5) is 0 Å². The molecule has 5 heteroatoms. The van der Waals surface area contributed by atoms with Crippen LogP contribution in [0.1, 0.15) is 76.2 Å². The number of rotatable bonds is 6. The van der Waals surface area contributed by atoms with Crippen molar-refractivity contribution < 1.29 is 9.26 Å². The molecular weight excluding hydrogens is 242 g/mol. The Bertz CT molecular complexity index is 337. The van der Waals surface area contributed by atoms with Crippen molar-refractivity contribution in [2.24, 2.45) is 0 Å². The van der Waals surface area contributed by atoms with E-state index in [0.717, 1.165) is 31.7 Å². The molecule has 1 aromatic heterocycles. The minimum absolute atomic E-state index is 0.0294. The van der Waals surface area contributed by atoms with Gasteiger partial charge < -0.3 is 14.6 Å². The number of aromatic nitrogens is 2. The third-order valence-electron chi connectivity index (χ3n) is 3.52. The van der Waals surface area contributed by atoms with E-state index in [1.807, 2.05) is 6.92 Å². The van der Waals surface area contributed by atoms with Gasteiger partial charge in [-0.25, -0.2) is 0 Å². The van der Waals surface area contributed by atoms with E-state index in [2.05, 4.69) is 22.4 Å². The van der Waals surface area contributed by atoms with Crippen LogP contribution in [0.15, 0.2) is 4.52 Å². The molecule has 0 aromatic carbocycles. The maximum Gasteiger partial charge on any atom is 0.243 e. The highest BCUT2D eigenvalue weighted by Gasteiger charge is 2.23. The van der Waals surface area contributed by atoms with Crippen LogP contribution in [0.5, 0.6) is 0 Å². The van der Waals surface area contributed by atoms with Crippen molar-refractivity contribution in [1.29, 1.82) is 0 Å². The second kappa shape index (κ2) is 7.60. The second-order valence-corrected chi connectivity index (χ2v) is 5.08. The molecule has 2 heterocycles. The minimum Gasteiger partial charge on any atom is -0.370 e. The van der Waals surface area contributed by atoms with Gasteiger partial charge in [0.2, 0.25) is 11.7 Å². The molecule has 0 aliphatic carbocycles. The fraction of sp³-hybridized carbons (Fsp3) is 0.857. The van der Waals surface area contributed by atoms with Gasteiger partial charge in [0.15, 0.2) is 0 Å².